The van der Waals surface area contributed by atoms with Crippen molar-refractivity contribution in [3.8, 4) is 0 Å². The van der Waals surface area contributed by atoms with Crippen molar-refractivity contribution < 1.29 is 0 Å². The highest BCUT2D eigenvalue weighted by molar-refractivity contribution is 5.00. The molecule has 1 rings (SSSR count). The van der Waals surface area contributed by atoms with Crippen LogP contribution in [0.25, 0.3) is 0 Å². The lowest BCUT2D eigenvalue weighted by molar-refractivity contribution is 0.142. The fourth-order valence-electron chi connectivity index (χ4n) is 3.35. The lowest BCUT2D eigenvalue weighted by atomic mass is 9.70. The lowest BCUT2D eigenvalue weighted by Gasteiger charge is -2.35. The molecule has 0 bridgehead atoms. The predicted molar refractivity (Wildman–Crippen MR) is 68.9 cm³/mol. The summed E-state index contributed by atoms with van der Waals surface area (Å²) in [5.74, 6) is 3.85. The Morgan fingerprint density at radius 1 is 1.20 bits per heavy atom. The van der Waals surface area contributed by atoms with Gasteiger partial charge in [-0.1, -0.05) is 54.4 Å². The van der Waals surface area contributed by atoms with Crippen LogP contribution in [0.2, 0.25) is 0 Å². The van der Waals surface area contributed by atoms with Gasteiger partial charge >= 0.3 is 0 Å². The molecule has 0 spiro atoms. The second-order valence-corrected chi connectivity index (χ2v) is 6.30. The lowest BCUT2D eigenvalue weighted by Crippen LogP contribution is -2.27. The van der Waals surface area contributed by atoms with Gasteiger partial charge in [0, 0.05) is 0 Å². The largest absolute Gasteiger partial charge is 0.0654 e. The molecular formula is C15H30. The molecule has 90 valence electrons. The van der Waals surface area contributed by atoms with Gasteiger partial charge in [-0.25, -0.2) is 0 Å². The third-order valence-corrected chi connectivity index (χ3v) is 5.17. The van der Waals surface area contributed by atoms with Gasteiger partial charge in [0.25, 0.3) is 0 Å². The van der Waals surface area contributed by atoms with Gasteiger partial charge in [-0.3, -0.25) is 0 Å². The van der Waals surface area contributed by atoms with Crippen LogP contribution in [-0.4, -0.2) is 0 Å². The van der Waals surface area contributed by atoms with E-state index in [2.05, 4.69) is 41.5 Å². The predicted octanol–water partition coefficient (Wildman–Crippen LogP) is 5.13. The van der Waals surface area contributed by atoms with Crippen LogP contribution >= 0.6 is 0 Å². The molecule has 1 fully saturated rings. The van der Waals surface area contributed by atoms with Crippen molar-refractivity contribution in [3.05, 3.63) is 0 Å². The van der Waals surface area contributed by atoms with E-state index in [9.17, 15) is 0 Å². The van der Waals surface area contributed by atoms with Crippen LogP contribution in [0, 0.1) is 29.1 Å². The topological polar surface area (TPSA) is 0 Å². The minimum atomic E-state index is 0.614. The van der Waals surface area contributed by atoms with Crippen LogP contribution in [-0.2, 0) is 0 Å². The molecule has 0 radical (unpaired) electrons. The maximum absolute atomic E-state index is 2.54. The van der Waals surface area contributed by atoms with Gasteiger partial charge < -0.3 is 0 Å². The van der Waals surface area contributed by atoms with Crippen LogP contribution in [0.5, 0.6) is 0 Å². The average molecular weight is 210 g/mol. The second-order valence-electron chi connectivity index (χ2n) is 6.30. The van der Waals surface area contributed by atoms with Crippen molar-refractivity contribution in [1.82, 2.24) is 0 Å². The maximum atomic E-state index is 2.54. The van der Waals surface area contributed by atoms with E-state index in [4.69, 9.17) is 0 Å². The molecule has 0 aromatic rings. The van der Waals surface area contributed by atoms with Gasteiger partial charge in [-0.05, 0) is 41.9 Å². The molecular weight excluding hydrogens is 180 g/mol. The Morgan fingerprint density at radius 2 is 1.80 bits per heavy atom. The summed E-state index contributed by atoms with van der Waals surface area (Å²) in [5.41, 5.74) is 0.614. The van der Waals surface area contributed by atoms with E-state index in [1.807, 2.05) is 0 Å². The summed E-state index contributed by atoms with van der Waals surface area (Å²) in [6.45, 7) is 14.5. The summed E-state index contributed by atoms with van der Waals surface area (Å²) in [5, 5.41) is 0. The van der Waals surface area contributed by atoms with E-state index in [1.165, 1.54) is 25.7 Å². The Labute approximate surface area is 96.8 Å². The summed E-state index contributed by atoms with van der Waals surface area (Å²) in [7, 11) is 0. The smallest absolute Gasteiger partial charge is 0.0272 e. The molecule has 4 atom stereocenters. The van der Waals surface area contributed by atoms with Crippen molar-refractivity contribution in [2.45, 2.75) is 67.2 Å². The molecule has 1 saturated carbocycles. The van der Waals surface area contributed by atoms with Crippen molar-refractivity contribution in [2.24, 2.45) is 29.1 Å². The molecule has 0 heteroatoms. The Morgan fingerprint density at radius 3 is 2.20 bits per heavy atom. The molecule has 0 amide bonds. The maximum Gasteiger partial charge on any atom is -0.0272 e. The Kier molecular flexibility index (Phi) is 4.26. The van der Waals surface area contributed by atoms with Crippen molar-refractivity contribution in [1.29, 1.82) is 0 Å². The summed E-state index contributed by atoms with van der Waals surface area (Å²) in [4.78, 5) is 0. The van der Waals surface area contributed by atoms with Crippen molar-refractivity contribution >= 4 is 0 Å². The van der Waals surface area contributed by atoms with E-state index in [-0.39, 0.29) is 0 Å². The molecule has 0 heterocycles. The molecule has 0 N–H and O–H groups in total. The molecule has 0 aliphatic heterocycles. The molecule has 0 aromatic heterocycles. The third-order valence-electron chi connectivity index (χ3n) is 5.17. The fraction of sp³-hybridized carbons (Fsp3) is 1.00. The molecule has 0 nitrogen and oxygen atoms in total. The highest BCUT2D eigenvalue weighted by atomic mass is 14.6. The van der Waals surface area contributed by atoms with E-state index in [1.54, 1.807) is 0 Å². The van der Waals surface area contributed by atoms with Gasteiger partial charge in [0.1, 0.15) is 0 Å². The zero-order chi connectivity index (χ0) is 11.6. The highest BCUT2D eigenvalue weighted by Gasteiger charge is 2.51. The minimum absolute atomic E-state index is 0.614. The first kappa shape index (κ1) is 13.1. The first-order valence-electron chi connectivity index (χ1n) is 6.97. The normalized spacial score (nSPS) is 31.4. The first-order chi connectivity index (χ1) is 6.97. The molecule has 0 aromatic carbocycles. The zero-order valence-corrected chi connectivity index (χ0v) is 11.6. The Balaban J connectivity index is 2.61. The fourth-order valence-corrected chi connectivity index (χ4v) is 3.35. The van der Waals surface area contributed by atoms with E-state index in [0.29, 0.717) is 5.41 Å². The van der Waals surface area contributed by atoms with Crippen LogP contribution in [0.3, 0.4) is 0 Å². The molecule has 15 heavy (non-hydrogen) atoms. The van der Waals surface area contributed by atoms with Gasteiger partial charge in [0.2, 0.25) is 0 Å². The second kappa shape index (κ2) is 4.89. The Bertz CT molecular complexity index is 194. The summed E-state index contributed by atoms with van der Waals surface area (Å²) in [6.07, 6.45) is 5.63. The minimum Gasteiger partial charge on any atom is -0.0654 e. The van der Waals surface area contributed by atoms with E-state index >= 15 is 0 Å². The molecule has 1 aliphatic rings. The quantitative estimate of drug-likeness (QED) is 0.570. The average Bonchev–Trinajstić information content (AvgIpc) is 2.96. The number of hydrogen-bond donors (Lipinski definition) is 0. The van der Waals surface area contributed by atoms with Gasteiger partial charge in [0.05, 0.1) is 0 Å². The SMILES string of the molecule is CCCC(C)(C(C)C)C1CC1C(C)CC. The van der Waals surface area contributed by atoms with Gasteiger partial charge in [0.15, 0.2) is 0 Å². The van der Waals surface area contributed by atoms with Crippen molar-refractivity contribution in [2.75, 3.05) is 0 Å². The summed E-state index contributed by atoms with van der Waals surface area (Å²) < 4.78 is 0. The van der Waals surface area contributed by atoms with E-state index < -0.39 is 0 Å². The van der Waals surface area contributed by atoms with Crippen molar-refractivity contribution in [3.63, 3.8) is 0 Å². The third kappa shape index (κ3) is 2.57. The molecule has 4 unspecified atom stereocenters. The van der Waals surface area contributed by atoms with Gasteiger partial charge in [-0.15, -0.1) is 0 Å². The van der Waals surface area contributed by atoms with E-state index in [0.717, 1.165) is 23.7 Å². The summed E-state index contributed by atoms with van der Waals surface area (Å²) in [6, 6.07) is 0. The molecule has 1 aliphatic carbocycles. The summed E-state index contributed by atoms with van der Waals surface area (Å²) >= 11 is 0. The monoisotopic (exact) mass is 210 g/mol. The Hall–Kier alpha value is 0. The standard InChI is InChI=1S/C15H30/c1-7-9-15(6,11(3)4)14-10-13(14)12(5)8-2/h11-14H,7-10H2,1-6H3. The van der Waals surface area contributed by atoms with Crippen LogP contribution in [0.4, 0.5) is 0 Å². The first-order valence-corrected chi connectivity index (χ1v) is 6.97. The number of hydrogen-bond acceptors (Lipinski definition) is 0. The van der Waals surface area contributed by atoms with Crippen LogP contribution < -0.4 is 0 Å². The number of rotatable bonds is 6. The van der Waals surface area contributed by atoms with Crippen LogP contribution in [0.15, 0.2) is 0 Å². The molecule has 0 saturated heterocycles. The van der Waals surface area contributed by atoms with Gasteiger partial charge in [-0.2, -0.15) is 0 Å². The van der Waals surface area contributed by atoms with Crippen LogP contribution in [0.1, 0.15) is 67.2 Å². The highest BCUT2D eigenvalue weighted by Crippen LogP contribution is 2.59. The zero-order valence-electron chi connectivity index (χ0n) is 11.6.